The molecule has 33 heavy (non-hydrogen) atoms. The van der Waals surface area contributed by atoms with Gasteiger partial charge in [-0.15, -0.1) is 0 Å². The molecule has 6 rings (SSSR count). The second-order valence-electron chi connectivity index (χ2n) is 8.33. The van der Waals surface area contributed by atoms with E-state index in [0.717, 1.165) is 53.7 Å². The smallest absolute Gasteiger partial charge is 0.160 e. The first-order chi connectivity index (χ1) is 16.1. The van der Waals surface area contributed by atoms with Gasteiger partial charge in [0.25, 0.3) is 0 Å². The van der Waals surface area contributed by atoms with E-state index >= 15 is 0 Å². The Balaban J connectivity index is 1.57. The number of hydrogen-bond donors (Lipinski definition) is 3. The minimum atomic E-state index is 0.161. The Hall–Kier alpha value is -4.05. The molecule has 0 unspecified atom stereocenters. The summed E-state index contributed by atoms with van der Waals surface area (Å²) in [5.41, 5.74) is 5.20. The number of hydrogen-bond acceptors (Lipinski definition) is 8. The number of aromatic nitrogens is 7. The van der Waals surface area contributed by atoms with E-state index in [1.165, 1.54) is 6.33 Å². The quantitative estimate of drug-likeness (QED) is 0.390. The average molecular weight is 441 g/mol. The van der Waals surface area contributed by atoms with Gasteiger partial charge in [0.2, 0.25) is 0 Å². The molecule has 10 nitrogen and oxygen atoms in total. The number of aromatic amines is 1. The summed E-state index contributed by atoms with van der Waals surface area (Å²) in [7, 11) is 1.87. The van der Waals surface area contributed by atoms with E-state index in [9.17, 15) is 5.11 Å². The number of piperazine rings is 1. The molecule has 5 heterocycles. The molecule has 10 heteroatoms. The van der Waals surface area contributed by atoms with E-state index in [4.69, 9.17) is 9.97 Å². The number of nitrogens with zero attached hydrogens (tertiary/aromatic N) is 7. The van der Waals surface area contributed by atoms with Crippen molar-refractivity contribution in [2.24, 2.45) is 7.05 Å². The van der Waals surface area contributed by atoms with Crippen molar-refractivity contribution < 1.29 is 5.11 Å². The van der Waals surface area contributed by atoms with E-state index in [1.807, 2.05) is 38.5 Å². The minimum absolute atomic E-state index is 0.161. The van der Waals surface area contributed by atoms with E-state index < -0.39 is 0 Å². The molecule has 5 aromatic rings. The average Bonchev–Trinajstić information content (AvgIpc) is 3.51. The van der Waals surface area contributed by atoms with Crippen LogP contribution < -0.4 is 10.2 Å². The topological polar surface area (TPSA) is 121 Å². The van der Waals surface area contributed by atoms with Crippen molar-refractivity contribution in [3.63, 3.8) is 0 Å². The number of pyridine rings is 2. The van der Waals surface area contributed by atoms with Crippen molar-refractivity contribution in [2.45, 2.75) is 6.92 Å². The maximum atomic E-state index is 11.0. The van der Waals surface area contributed by atoms with Gasteiger partial charge >= 0.3 is 0 Å². The summed E-state index contributed by atoms with van der Waals surface area (Å²) in [5.74, 6) is 0.788. The molecule has 0 amide bonds. The molecular weight excluding hydrogens is 418 g/mol. The third-order valence-electron chi connectivity index (χ3n) is 6.20. The first-order valence-corrected chi connectivity index (χ1v) is 10.9. The van der Waals surface area contributed by atoms with Gasteiger partial charge in [-0.3, -0.25) is 9.78 Å². The lowest BCUT2D eigenvalue weighted by molar-refractivity contribution is 0.474. The molecule has 0 aliphatic carbocycles. The number of aromatic hydroxyl groups is 1. The molecule has 3 N–H and O–H groups in total. The summed E-state index contributed by atoms with van der Waals surface area (Å²) >= 11 is 0. The fourth-order valence-corrected chi connectivity index (χ4v) is 4.50. The molecule has 0 atom stereocenters. The third kappa shape index (κ3) is 3.26. The zero-order chi connectivity index (χ0) is 22.5. The molecule has 166 valence electrons. The highest BCUT2D eigenvalue weighted by Gasteiger charge is 2.19. The van der Waals surface area contributed by atoms with Crippen LogP contribution >= 0.6 is 0 Å². The number of nitrogens with one attached hydrogen (secondary N) is 2. The number of anilines is 1. The molecule has 1 fully saturated rings. The Morgan fingerprint density at radius 1 is 1.06 bits per heavy atom. The van der Waals surface area contributed by atoms with Crippen LogP contribution in [0.15, 0.2) is 36.9 Å². The van der Waals surface area contributed by atoms with Gasteiger partial charge < -0.3 is 15.3 Å². The van der Waals surface area contributed by atoms with E-state index in [-0.39, 0.29) is 5.75 Å². The van der Waals surface area contributed by atoms with Gasteiger partial charge in [-0.1, -0.05) is 0 Å². The van der Waals surface area contributed by atoms with Crippen molar-refractivity contribution in [3.8, 4) is 28.4 Å². The molecule has 1 aliphatic heterocycles. The second-order valence-corrected chi connectivity index (χ2v) is 8.33. The number of rotatable bonds is 3. The summed E-state index contributed by atoms with van der Waals surface area (Å²) in [6.07, 6.45) is 5.28. The molecule has 4 aromatic heterocycles. The molecule has 1 aliphatic rings. The first kappa shape index (κ1) is 19.6. The van der Waals surface area contributed by atoms with Crippen LogP contribution in [-0.2, 0) is 7.05 Å². The van der Waals surface area contributed by atoms with Gasteiger partial charge in [0.1, 0.15) is 12.1 Å². The number of fused-ring (bicyclic) bond motifs is 2. The summed E-state index contributed by atoms with van der Waals surface area (Å²) in [6.45, 7) is 5.60. The molecule has 0 radical (unpaired) electrons. The van der Waals surface area contributed by atoms with Crippen molar-refractivity contribution >= 4 is 27.6 Å². The van der Waals surface area contributed by atoms with Gasteiger partial charge in [-0.05, 0) is 25.1 Å². The van der Waals surface area contributed by atoms with E-state index in [0.29, 0.717) is 28.3 Å². The third-order valence-corrected chi connectivity index (χ3v) is 6.20. The Labute approximate surface area is 189 Å². The van der Waals surface area contributed by atoms with Crippen LogP contribution in [0.5, 0.6) is 5.75 Å². The maximum absolute atomic E-state index is 11.0. The van der Waals surface area contributed by atoms with Gasteiger partial charge in [-0.25, -0.2) is 15.0 Å². The van der Waals surface area contributed by atoms with Crippen molar-refractivity contribution in [1.82, 2.24) is 40.2 Å². The van der Waals surface area contributed by atoms with Crippen molar-refractivity contribution in [3.05, 3.63) is 42.5 Å². The SMILES string of the molecule is Cc1c(O)c(-c2cc(-c3ncn[nH]3)c3cc(N4CCNCC4)cnc3n2)cc2cn(C)nc12. The maximum Gasteiger partial charge on any atom is 0.160 e. The monoisotopic (exact) mass is 441 g/mol. The fourth-order valence-electron chi connectivity index (χ4n) is 4.50. The highest BCUT2D eigenvalue weighted by atomic mass is 16.3. The van der Waals surface area contributed by atoms with Gasteiger partial charge in [0, 0.05) is 66.9 Å². The molecule has 1 aromatic carbocycles. The Kier molecular flexibility index (Phi) is 4.47. The minimum Gasteiger partial charge on any atom is -0.507 e. The fraction of sp³-hybridized carbons (Fsp3) is 0.261. The molecular formula is C23H23N9O. The number of phenols is 1. The van der Waals surface area contributed by atoms with E-state index in [2.05, 4.69) is 36.6 Å². The predicted molar refractivity (Wildman–Crippen MR) is 126 cm³/mol. The lowest BCUT2D eigenvalue weighted by Crippen LogP contribution is -2.43. The number of H-pyrrole nitrogens is 1. The number of phenolic OH excluding ortho intramolecular Hbond substituents is 1. The Morgan fingerprint density at radius 3 is 2.70 bits per heavy atom. The molecule has 0 bridgehead atoms. The van der Waals surface area contributed by atoms with Crippen LogP contribution in [0.3, 0.4) is 0 Å². The first-order valence-electron chi connectivity index (χ1n) is 10.9. The van der Waals surface area contributed by atoms with Crippen LogP contribution in [0.4, 0.5) is 5.69 Å². The summed E-state index contributed by atoms with van der Waals surface area (Å²) in [5, 5.41) is 27.7. The van der Waals surface area contributed by atoms with Crippen LogP contribution in [0.25, 0.3) is 44.6 Å². The van der Waals surface area contributed by atoms with Crippen LogP contribution in [-0.4, -0.2) is 66.2 Å². The number of benzene rings is 1. The van der Waals surface area contributed by atoms with Crippen molar-refractivity contribution in [2.75, 3.05) is 31.1 Å². The summed E-state index contributed by atoms with van der Waals surface area (Å²) in [6, 6.07) is 5.96. The highest BCUT2D eigenvalue weighted by molar-refractivity contribution is 5.97. The van der Waals surface area contributed by atoms with Gasteiger partial charge in [0.15, 0.2) is 11.5 Å². The van der Waals surface area contributed by atoms with Crippen LogP contribution in [0.1, 0.15) is 5.56 Å². The summed E-state index contributed by atoms with van der Waals surface area (Å²) < 4.78 is 1.74. The Bertz CT molecular complexity index is 1480. The zero-order valence-electron chi connectivity index (χ0n) is 18.4. The van der Waals surface area contributed by atoms with Crippen LogP contribution in [0.2, 0.25) is 0 Å². The van der Waals surface area contributed by atoms with Gasteiger partial charge in [-0.2, -0.15) is 10.2 Å². The standard InChI is InChI=1S/C23H23N9O/c1-13-20-14(11-31(2)30-20)7-18(21(13)33)19-9-17(23-26-12-27-29-23)16-8-15(10-25-22(16)28-19)32-5-3-24-4-6-32/h7-12,24,33H,3-6H2,1-2H3,(H,26,27,29). The lowest BCUT2D eigenvalue weighted by Gasteiger charge is -2.29. The van der Waals surface area contributed by atoms with Gasteiger partial charge in [0.05, 0.1) is 23.1 Å². The zero-order valence-corrected chi connectivity index (χ0v) is 18.4. The lowest BCUT2D eigenvalue weighted by atomic mass is 10.0. The Morgan fingerprint density at radius 2 is 1.91 bits per heavy atom. The molecule has 0 spiro atoms. The summed E-state index contributed by atoms with van der Waals surface area (Å²) in [4.78, 5) is 16.2. The second kappa shape index (κ2) is 7.52. The number of aryl methyl sites for hydroxylation is 2. The van der Waals surface area contributed by atoms with Crippen LogP contribution in [0, 0.1) is 6.92 Å². The molecule has 0 saturated carbocycles. The van der Waals surface area contributed by atoms with E-state index in [1.54, 1.807) is 4.68 Å². The van der Waals surface area contributed by atoms with Crippen molar-refractivity contribution in [1.29, 1.82) is 0 Å². The largest absolute Gasteiger partial charge is 0.507 e. The molecule has 1 saturated heterocycles. The highest BCUT2D eigenvalue weighted by Crippen LogP contribution is 2.39. The normalized spacial score (nSPS) is 14.4. The predicted octanol–water partition coefficient (Wildman–Crippen LogP) is 2.39.